The molecule has 208 valence electrons. The lowest BCUT2D eigenvalue weighted by atomic mass is 9.32. The van der Waals surface area contributed by atoms with E-state index in [4.69, 9.17) is 8.92 Å². The molecule has 0 radical (unpaired) electrons. The van der Waals surface area contributed by atoms with Gasteiger partial charge in [0.05, 0.1) is 11.0 Å². The van der Waals surface area contributed by atoms with Crippen molar-refractivity contribution in [3.05, 3.63) is 42.5 Å². The molecule has 2 bridgehead atoms. The molecule has 5 rings (SSSR count). The molecule has 0 heterocycles. The van der Waals surface area contributed by atoms with Gasteiger partial charge in [0.25, 0.3) is 10.1 Å². The molecule has 4 aliphatic carbocycles. The van der Waals surface area contributed by atoms with Gasteiger partial charge in [-0.3, -0.25) is 8.98 Å². The average Bonchev–Trinajstić information content (AvgIpc) is 3.05. The van der Waals surface area contributed by atoms with Crippen LogP contribution in [0.15, 0.2) is 41.8 Å². The number of aryl methyl sites for hydroxylation is 1. The van der Waals surface area contributed by atoms with Crippen molar-refractivity contribution in [3.63, 3.8) is 0 Å². The summed E-state index contributed by atoms with van der Waals surface area (Å²) in [6.07, 6.45) is 3.50. The molecule has 7 nitrogen and oxygen atoms in total. The van der Waals surface area contributed by atoms with E-state index in [9.17, 15) is 23.1 Å². The lowest BCUT2D eigenvalue weighted by molar-refractivity contribution is -0.258. The van der Waals surface area contributed by atoms with Crippen molar-refractivity contribution < 1.29 is 32.0 Å². The normalized spacial score (nSPS) is 43.8. The summed E-state index contributed by atoms with van der Waals surface area (Å²) >= 11 is 0. The first-order valence-electron chi connectivity index (χ1n) is 13.7. The Morgan fingerprint density at radius 2 is 1.84 bits per heavy atom. The molecule has 4 fully saturated rings. The average molecular weight is 545 g/mol. The molecule has 1 N–H and O–H groups in total. The van der Waals surface area contributed by atoms with Crippen molar-refractivity contribution in [2.75, 3.05) is 6.61 Å². The maximum atomic E-state index is 13.3. The Bertz CT molecular complexity index is 1270. The lowest BCUT2D eigenvalue weighted by Crippen LogP contribution is -2.71. The van der Waals surface area contributed by atoms with E-state index in [0.29, 0.717) is 18.6 Å². The number of rotatable bonds is 6. The first-order valence-corrected chi connectivity index (χ1v) is 15.1. The molecular formula is C30H40O7S. The van der Waals surface area contributed by atoms with Gasteiger partial charge < -0.3 is 9.84 Å². The molecule has 8 heteroatoms. The number of hydrogen-bond acceptors (Lipinski definition) is 7. The number of hydrogen-bond donors (Lipinski definition) is 1. The summed E-state index contributed by atoms with van der Waals surface area (Å²) in [4.78, 5) is 26.5. The minimum atomic E-state index is -4.14. The zero-order valence-electron chi connectivity index (χ0n) is 23.0. The molecule has 2 unspecified atom stereocenters. The van der Waals surface area contributed by atoms with Crippen molar-refractivity contribution in [2.24, 2.45) is 39.4 Å². The van der Waals surface area contributed by atoms with Crippen LogP contribution in [0.2, 0.25) is 0 Å². The number of Topliss-reactive ketones (excluding diaryl/α,β-unsaturated/α-hetero) is 1. The molecule has 4 saturated carbocycles. The zero-order valence-corrected chi connectivity index (χ0v) is 23.8. The number of ketones is 1. The predicted molar refractivity (Wildman–Crippen MR) is 141 cm³/mol. The van der Waals surface area contributed by atoms with Gasteiger partial charge in [-0.15, -0.1) is 6.58 Å². The zero-order chi connectivity index (χ0) is 27.9. The standard InChI is InChI=1S/C30H40O7S/c1-7-27(5)15-23(37-24(32)16-36-38(34,35)21-10-8-18(2)9-11-21)28(6)19(3)14-30-17-29(26(28)30,13-12-22(30)31)20(4)25(27)33/h7-11,19-20,23,25-26,33H,1,12-17H2,2-6H3/t19?,20-,23+,25-,26?,27-,28-,29+,30-/m0/s1. The van der Waals surface area contributed by atoms with Crippen LogP contribution in [0.5, 0.6) is 0 Å². The first kappa shape index (κ1) is 27.5. The van der Waals surface area contributed by atoms with E-state index in [0.717, 1.165) is 24.8 Å². The highest BCUT2D eigenvalue weighted by atomic mass is 32.2. The van der Waals surface area contributed by atoms with Crippen LogP contribution in [-0.4, -0.2) is 44.1 Å². The molecule has 4 aliphatic rings. The van der Waals surface area contributed by atoms with Gasteiger partial charge in [-0.25, -0.2) is 4.79 Å². The van der Waals surface area contributed by atoms with Crippen molar-refractivity contribution in [1.29, 1.82) is 0 Å². The Morgan fingerprint density at radius 3 is 2.47 bits per heavy atom. The molecule has 0 aliphatic heterocycles. The summed E-state index contributed by atoms with van der Waals surface area (Å²) < 4.78 is 36.5. The van der Waals surface area contributed by atoms with Crippen molar-refractivity contribution in [1.82, 2.24) is 0 Å². The Kier molecular flexibility index (Phi) is 6.33. The summed E-state index contributed by atoms with van der Waals surface area (Å²) in [6.45, 7) is 13.4. The predicted octanol–water partition coefficient (Wildman–Crippen LogP) is 4.61. The van der Waals surface area contributed by atoms with Crippen LogP contribution in [-0.2, 0) is 28.6 Å². The Hall–Kier alpha value is -2.03. The summed E-state index contributed by atoms with van der Waals surface area (Å²) in [5, 5.41) is 11.6. The molecule has 0 aromatic heterocycles. The van der Waals surface area contributed by atoms with Crippen LogP contribution in [0, 0.1) is 46.3 Å². The third-order valence-corrected chi connectivity index (χ3v) is 12.5. The summed E-state index contributed by atoms with van der Waals surface area (Å²) in [5.41, 5.74) is -0.989. The second-order valence-electron chi connectivity index (χ2n) is 13.0. The molecule has 38 heavy (non-hydrogen) atoms. The van der Waals surface area contributed by atoms with Gasteiger partial charge >= 0.3 is 5.97 Å². The SMILES string of the molecule is C=C[C@@]1(C)C[C@@H](OC(=O)COS(=O)(=O)c2ccc(C)cc2)[C@]2(C)C(C)C[C@]34C[C@@](CCC3=O)(C42)[C@@H](C)[C@@H]1O. The van der Waals surface area contributed by atoms with E-state index < -0.39 is 51.1 Å². The van der Waals surface area contributed by atoms with Crippen LogP contribution >= 0.6 is 0 Å². The number of aliphatic hydroxyl groups is 1. The molecule has 1 aromatic carbocycles. The topological polar surface area (TPSA) is 107 Å². The Balaban J connectivity index is 1.46. The van der Waals surface area contributed by atoms with E-state index in [1.54, 1.807) is 18.2 Å². The van der Waals surface area contributed by atoms with Crippen LogP contribution < -0.4 is 0 Å². The maximum absolute atomic E-state index is 13.3. The number of benzene rings is 1. The number of carbonyl (C=O) groups excluding carboxylic acids is 2. The van der Waals surface area contributed by atoms with Gasteiger partial charge in [0, 0.05) is 22.7 Å². The van der Waals surface area contributed by atoms with Gasteiger partial charge in [0.2, 0.25) is 0 Å². The highest BCUT2D eigenvalue weighted by Gasteiger charge is 2.81. The molecular weight excluding hydrogens is 504 g/mol. The summed E-state index contributed by atoms with van der Waals surface area (Å²) in [7, 11) is -4.14. The van der Waals surface area contributed by atoms with Crippen molar-refractivity contribution >= 4 is 21.9 Å². The van der Waals surface area contributed by atoms with E-state index in [1.807, 2.05) is 13.8 Å². The second-order valence-corrected chi connectivity index (χ2v) is 14.7. The van der Waals surface area contributed by atoms with Crippen LogP contribution in [0.4, 0.5) is 0 Å². The molecule has 9 atom stereocenters. The van der Waals surface area contributed by atoms with E-state index >= 15 is 0 Å². The van der Waals surface area contributed by atoms with E-state index in [1.165, 1.54) is 12.1 Å². The van der Waals surface area contributed by atoms with Gasteiger partial charge in [-0.1, -0.05) is 51.5 Å². The molecule has 0 amide bonds. The molecule has 2 spiro atoms. The molecule has 0 saturated heterocycles. The smallest absolute Gasteiger partial charge is 0.333 e. The van der Waals surface area contributed by atoms with E-state index in [2.05, 4.69) is 27.4 Å². The lowest BCUT2D eigenvalue weighted by Gasteiger charge is -2.71. The van der Waals surface area contributed by atoms with Crippen LogP contribution in [0.3, 0.4) is 0 Å². The highest BCUT2D eigenvalue weighted by Crippen LogP contribution is 2.82. The second kappa shape index (κ2) is 8.73. The van der Waals surface area contributed by atoms with Gasteiger partial charge in [-0.05, 0) is 67.9 Å². The van der Waals surface area contributed by atoms with Crippen molar-refractivity contribution in [3.8, 4) is 0 Å². The highest BCUT2D eigenvalue weighted by molar-refractivity contribution is 7.86. The van der Waals surface area contributed by atoms with Gasteiger partial charge in [-0.2, -0.15) is 8.42 Å². The largest absolute Gasteiger partial charge is 0.460 e. The number of aliphatic hydroxyl groups excluding tert-OH is 1. The number of carbonyl (C=O) groups is 2. The monoisotopic (exact) mass is 544 g/mol. The fourth-order valence-electron chi connectivity index (χ4n) is 9.11. The first-order chi connectivity index (χ1) is 17.7. The minimum absolute atomic E-state index is 0.00669. The summed E-state index contributed by atoms with van der Waals surface area (Å²) in [6, 6.07) is 6.21. The summed E-state index contributed by atoms with van der Waals surface area (Å²) in [5.74, 6) is -0.428. The van der Waals surface area contributed by atoms with Gasteiger partial charge in [0.1, 0.15) is 11.9 Å². The fourth-order valence-corrected chi connectivity index (χ4v) is 9.97. The van der Waals surface area contributed by atoms with Crippen molar-refractivity contribution in [2.45, 2.75) is 83.8 Å². The van der Waals surface area contributed by atoms with E-state index in [-0.39, 0.29) is 28.1 Å². The minimum Gasteiger partial charge on any atom is -0.460 e. The van der Waals surface area contributed by atoms with Crippen LogP contribution in [0.25, 0.3) is 0 Å². The maximum Gasteiger partial charge on any atom is 0.333 e. The Labute approximate surface area is 226 Å². The van der Waals surface area contributed by atoms with Gasteiger partial charge in [0.15, 0.2) is 6.61 Å². The number of esters is 1. The number of ether oxygens (including phenoxy) is 1. The van der Waals surface area contributed by atoms with Crippen LogP contribution in [0.1, 0.15) is 65.4 Å². The third-order valence-electron chi connectivity index (χ3n) is 11.3. The fraction of sp³-hybridized carbons (Fsp3) is 0.667. The quantitative estimate of drug-likeness (QED) is 0.317. The third kappa shape index (κ3) is 3.62. The Morgan fingerprint density at radius 1 is 1.18 bits per heavy atom. The molecule has 1 aromatic rings.